The number of aryl methyl sites for hydroxylation is 1. The molecule has 13 heteroatoms. The normalized spacial score (nSPS) is 12.4. The second-order valence-corrected chi connectivity index (χ2v) is 15.9. The van der Waals surface area contributed by atoms with Crippen LogP contribution in [0, 0.1) is 6.92 Å². The van der Waals surface area contributed by atoms with Crippen LogP contribution in [0.3, 0.4) is 0 Å². The van der Waals surface area contributed by atoms with E-state index in [1.807, 2.05) is 11.5 Å². The van der Waals surface area contributed by atoms with Gasteiger partial charge in [0.05, 0.1) is 29.3 Å². The van der Waals surface area contributed by atoms with Gasteiger partial charge < -0.3 is 19.4 Å². The standard InChI is InChI=1S/C25H31F3N6O3Si/c1-15-17-8-7-16(24(35)36-3)11-18(17)33(14-37-9-10-38(4,5)6)21(15)20-19-22(29-2)30-13-31-23(19)34(32-20)12-25(26,27)28/h7-8,11,13H,9-10,12,14H2,1-6H3,(H,29,30,31). The Kier molecular flexibility index (Phi) is 7.52. The van der Waals surface area contributed by atoms with E-state index in [1.54, 1.807) is 25.2 Å². The third-order valence-electron chi connectivity index (χ3n) is 6.27. The molecule has 9 nitrogen and oxygen atoms in total. The zero-order valence-electron chi connectivity index (χ0n) is 22.2. The third-order valence-corrected chi connectivity index (χ3v) is 7.98. The second kappa shape index (κ2) is 10.4. The number of benzene rings is 1. The molecule has 0 atom stereocenters. The number of anilines is 1. The summed E-state index contributed by atoms with van der Waals surface area (Å²) in [6, 6.07) is 6.09. The van der Waals surface area contributed by atoms with Crippen molar-refractivity contribution in [2.24, 2.45) is 0 Å². The first-order valence-electron chi connectivity index (χ1n) is 12.1. The van der Waals surface area contributed by atoms with Crippen molar-refractivity contribution in [2.75, 3.05) is 26.1 Å². The van der Waals surface area contributed by atoms with Crippen molar-refractivity contribution in [1.82, 2.24) is 24.3 Å². The summed E-state index contributed by atoms with van der Waals surface area (Å²) in [6.07, 6.45) is -3.30. The minimum absolute atomic E-state index is 0.0581. The SMILES string of the molecule is CNc1ncnc2c1c(-c1c(C)c3ccc(C(=O)OC)cc3n1COCC[Si](C)(C)C)nn2CC(F)(F)F. The molecule has 3 heterocycles. The molecule has 3 aromatic heterocycles. The molecular weight excluding hydrogens is 517 g/mol. The van der Waals surface area contributed by atoms with E-state index in [-0.39, 0.29) is 18.1 Å². The van der Waals surface area contributed by atoms with Crippen molar-refractivity contribution in [3.8, 4) is 11.4 Å². The van der Waals surface area contributed by atoms with Crippen LogP contribution < -0.4 is 5.32 Å². The zero-order chi connectivity index (χ0) is 27.8. The van der Waals surface area contributed by atoms with Gasteiger partial charge in [0, 0.05) is 27.1 Å². The molecule has 1 N–H and O–H groups in total. The number of aromatic nitrogens is 5. The predicted molar refractivity (Wildman–Crippen MR) is 142 cm³/mol. The van der Waals surface area contributed by atoms with Crippen LogP contribution in [0.5, 0.6) is 0 Å². The molecule has 0 amide bonds. The van der Waals surface area contributed by atoms with Gasteiger partial charge in [0.2, 0.25) is 0 Å². The fraction of sp³-hybridized carbons (Fsp3) is 0.440. The summed E-state index contributed by atoms with van der Waals surface area (Å²) in [5.74, 6) is -0.145. The Hall–Kier alpha value is -3.45. The summed E-state index contributed by atoms with van der Waals surface area (Å²) in [5, 5.41) is 8.52. The van der Waals surface area contributed by atoms with Gasteiger partial charge in [-0.2, -0.15) is 18.3 Å². The zero-order valence-corrected chi connectivity index (χ0v) is 23.2. The molecule has 4 rings (SSSR count). The largest absolute Gasteiger partial charge is 0.465 e. The molecule has 0 saturated carbocycles. The molecule has 0 unspecified atom stereocenters. The highest BCUT2D eigenvalue weighted by Gasteiger charge is 2.32. The highest BCUT2D eigenvalue weighted by atomic mass is 28.3. The van der Waals surface area contributed by atoms with Crippen LogP contribution in [0.15, 0.2) is 24.5 Å². The van der Waals surface area contributed by atoms with E-state index in [0.717, 1.165) is 21.7 Å². The topological polar surface area (TPSA) is 96.1 Å². The van der Waals surface area contributed by atoms with Crippen LogP contribution in [-0.2, 0) is 22.7 Å². The Bertz CT molecular complexity index is 1490. The van der Waals surface area contributed by atoms with Gasteiger partial charge in [-0.1, -0.05) is 25.7 Å². The van der Waals surface area contributed by atoms with E-state index in [4.69, 9.17) is 9.47 Å². The van der Waals surface area contributed by atoms with Gasteiger partial charge in [0.25, 0.3) is 0 Å². The maximum Gasteiger partial charge on any atom is 0.408 e. The lowest BCUT2D eigenvalue weighted by molar-refractivity contribution is -0.141. The van der Waals surface area contributed by atoms with Crippen LogP contribution in [-0.4, -0.2) is 65.3 Å². The van der Waals surface area contributed by atoms with E-state index in [0.29, 0.717) is 34.6 Å². The Labute approximate surface area is 219 Å². The number of nitrogens with zero attached hydrogens (tertiary/aromatic N) is 5. The smallest absolute Gasteiger partial charge is 0.408 e. The van der Waals surface area contributed by atoms with Gasteiger partial charge in [-0.25, -0.2) is 19.4 Å². The molecule has 0 aliphatic heterocycles. The first kappa shape index (κ1) is 27.6. The number of rotatable bonds is 9. The van der Waals surface area contributed by atoms with Gasteiger partial charge in [0.15, 0.2) is 5.65 Å². The summed E-state index contributed by atoms with van der Waals surface area (Å²) in [7, 11) is 1.58. The number of hydrogen-bond donors (Lipinski definition) is 1. The van der Waals surface area contributed by atoms with Crippen molar-refractivity contribution < 1.29 is 27.4 Å². The number of nitrogens with one attached hydrogen (secondary N) is 1. The molecule has 0 saturated heterocycles. The monoisotopic (exact) mass is 548 g/mol. The molecule has 38 heavy (non-hydrogen) atoms. The number of fused-ring (bicyclic) bond motifs is 2. The number of carbonyl (C=O) groups excluding carboxylic acids is 1. The van der Waals surface area contributed by atoms with E-state index in [2.05, 4.69) is 40.0 Å². The summed E-state index contributed by atoms with van der Waals surface area (Å²) < 4.78 is 54.0. The van der Waals surface area contributed by atoms with Crippen LogP contribution in [0.2, 0.25) is 25.7 Å². The number of carbonyl (C=O) groups is 1. The summed E-state index contributed by atoms with van der Waals surface area (Å²) in [6.45, 7) is 7.95. The maximum absolute atomic E-state index is 13.5. The second-order valence-electron chi connectivity index (χ2n) is 10.3. The van der Waals surface area contributed by atoms with Crippen molar-refractivity contribution in [1.29, 1.82) is 0 Å². The summed E-state index contributed by atoms with van der Waals surface area (Å²) >= 11 is 0. The first-order chi connectivity index (χ1) is 17.8. The van der Waals surface area contributed by atoms with Crippen molar-refractivity contribution in [3.63, 3.8) is 0 Å². The molecule has 204 valence electrons. The van der Waals surface area contributed by atoms with Crippen molar-refractivity contribution in [3.05, 3.63) is 35.7 Å². The maximum atomic E-state index is 13.5. The van der Waals surface area contributed by atoms with E-state index in [9.17, 15) is 18.0 Å². The quantitative estimate of drug-likeness (QED) is 0.169. The molecule has 0 spiro atoms. The minimum atomic E-state index is -4.50. The van der Waals surface area contributed by atoms with Gasteiger partial charge >= 0.3 is 12.1 Å². The van der Waals surface area contributed by atoms with E-state index < -0.39 is 26.8 Å². The lowest BCUT2D eigenvalue weighted by Crippen LogP contribution is -2.22. The molecule has 0 aliphatic rings. The Balaban J connectivity index is 1.97. The molecular formula is C25H31F3N6O3Si. The summed E-state index contributed by atoms with van der Waals surface area (Å²) in [5.41, 5.74) is 2.70. The van der Waals surface area contributed by atoms with Gasteiger partial charge in [-0.3, -0.25) is 0 Å². The Morgan fingerprint density at radius 2 is 1.92 bits per heavy atom. The van der Waals surface area contributed by atoms with Gasteiger partial charge in [-0.15, -0.1) is 0 Å². The average Bonchev–Trinajstić information content (AvgIpc) is 3.33. The van der Waals surface area contributed by atoms with Gasteiger partial charge in [0.1, 0.15) is 31.1 Å². The number of hydrogen-bond acceptors (Lipinski definition) is 7. The fourth-order valence-electron chi connectivity index (χ4n) is 4.38. The number of methoxy groups -OCH3 is 1. The van der Waals surface area contributed by atoms with E-state index >= 15 is 0 Å². The molecule has 0 aliphatic carbocycles. The Morgan fingerprint density at radius 1 is 1.18 bits per heavy atom. The molecule has 0 fully saturated rings. The number of esters is 1. The average molecular weight is 549 g/mol. The number of halogens is 3. The van der Waals surface area contributed by atoms with Crippen LogP contribution in [0.1, 0.15) is 15.9 Å². The van der Waals surface area contributed by atoms with Crippen LogP contribution >= 0.6 is 0 Å². The predicted octanol–water partition coefficient (Wildman–Crippen LogP) is 5.46. The van der Waals surface area contributed by atoms with Crippen molar-refractivity contribution in [2.45, 2.75) is 52.1 Å². The number of ether oxygens (including phenoxy) is 2. The first-order valence-corrected chi connectivity index (χ1v) is 15.8. The molecule has 4 aromatic rings. The van der Waals surface area contributed by atoms with Crippen LogP contribution in [0.4, 0.5) is 19.0 Å². The fourth-order valence-corrected chi connectivity index (χ4v) is 5.14. The van der Waals surface area contributed by atoms with Gasteiger partial charge in [-0.05, 0) is 30.7 Å². The Morgan fingerprint density at radius 3 is 2.55 bits per heavy atom. The van der Waals surface area contributed by atoms with Crippen LogP contribution in [0.25, 0.3) is 33.3 Å². The minimum Gasteiger partial charge on any atom is -0.465 e. The number of alkyl halides is 3. The molecule has 0 bridgehead atoms. The highest BCUT2D eigenvalue weighted by molar-refractivity contribution is 6.76. The highest BCUT2D eigenvalue weighted by Crippen LogP contribution is 2.39. The molecule has 0 radical (unpaired) electrons. The summed E-state index contributed by atoms with van der Waals surface area (Å²) in [4.78, 5) is 20.7. The van der Waals surface area contributed by atoms with E-state index in [1.165, 1.54) is 13.4 Å². The lowest BCUT2D eigenvalue weighted by atomic mass is 10.1. The molecule has 1 aromatic carbocycles. The van der Waals surface area contributed by atoms with Crippen molar-refractivity contribution >= 4 is 41.8 Å². The lowest BCUT2D eigenvalue weighted by Gasteiger charge is -2.17. The third kappa shape index (κ3) is 5.53.